The summed E-state index contributed by atoms with van der Waals surface area (Å²) in [5.41, 5.74) is -4.99. The van der Waals surface area contributed by atoms with Crippen molar-refractivity contribution in [1.29, 1.82) is 0 Å². The van der Waals surface area contributed by atoms with Crippen LogP contribution in [0.25, 0.3) is 0 Å². The number of nitrogens with one attached hydrogen (secondary N) is 1. The zero-order valence-electron chi connectivity index (χ0n) is 10.0. The Morgan fingerprint density at radius 2 is 1.63 bits per heavy atom. The Kier molecular flexibility index (Phi) is 4.09. The van der Waals surface area contributed by atoms with Gasteiger partial charge in [-0.1, -0.05) is 0 Å². The molecule has 0 saturated carbocycles. The van der Waals surface area contributed by atoms with E-state index >= 15 is 0 Å². The average molecular weight is 296 g/mol. The fourth-order valence-corrected chi connectivity index (χ4v) is 1.63. The topological polar surface area (TPSA) is 66.5 Å². The van der Waals surface area contributed by atoms with E-state index in [1.54, 1.807) is 19.0 Å². The summed E-state index contributed by atoms with van der Waals surface area (Å²) in [4.78, 5) is 13.1. The number of anilines is 1. The van der Waals surface area contributed by atoms with Crippen LogP contribution in [-0.2, 0) is 10.0 Å². The molecule has 1 aromatic carbocycles. The highest BCUT2D eigenvalue weighted by Gasteiger charge is 2.47. The van der Waals surface area contributed by atoms with Crippen molar-refractivity contribution in [2.24, 2.45) is 0 Å². The van der Waals surface area contributed by atoms with Crippen molar-refractivity contribution < 1.29 is 26.4 Å². The molecule has 0 spiro atoms. The summed E-state index contributed by atoms with van der Waals surface area (Å²) in [6.07, 6.45) is 0. The van der Waals surface area contributed by atoms with Crippen molar-refractivity contribution in [2.75, 3.05) is 19.0 Å². The van der Waals surface area contributed by atoms with E-state index in [4.69, 9.17) is 0 Å². The van der Waals surface area contributed by atoms with E-state index in [9.17, 15) is 26.4 Å². The maximum Gasteiger partial charge on any atom is 0.516 e. The molecule has 0 aromatic heterocycles. The molecule has 0 aliphatic rings. The Hall–Kier alpha value is -1.77. The van der Waals surface area contributed by atoms with Gasteiger partial charge in [-0.05, 0) is 24.3 Å². The van der Waals surface area contributed by atoms with Gasteiger partial charge in [0, 0.05) is 25.3 Å². The predicted octanol–water partition coefficient (Wildman–Crippen LogP) is 1.33. The molecule has 9 heteroatoms. The lowest BCUT2D eigenvalue weighted by Crippen LogP contribution is -2.40. The van der Waals surface area contributed by atoms with Gasteiger partial charge in [0.2, 0.25) is 0 Å². The molecule has 106 valence electrons. The first-order chi connectivity index (χ1) is 8.54. The molecular formula is C10H11F3N2O3S. The van der Waals surface area contributed by atoms with Crippen LogP contribution in [0.2, 0.25) is 0 Å². The Morgan fingerprint density at radius 1 is 1.16 bits per heavy atom. The number of alkyl halides is 3. The number of amides is 1. The van der Waals surface area contributed by atoms with E-state index < -0.39 is 21.4 Å². The molecule has 0 saturated heterocycles. The lowest BCUT2D eigenvalue weighted by molar-refractivity contribution is -0.0446. The second-order valence-corrected chi connectivity index (χ2v) is 5.50. The van der Waals surface area contributed by atoms with Gasteiger partial charge in [0.1, 0.15) is 0 Å². The molecule has 1 rings (SSSR count). The SMILES string of the molecule is CN(C)c1ccc(C(=O)NS(=O)(=O)C(F)(F)F)cc1. The number of sulfonamides is 1. The molecule has 0 aliphatic heterocycles. The molecule has 5 nitrogen and oxygen atoms in total. The number of hydrogen-bond acceptors (Lipinski definition) is 4. The molecular weight excluding hydrogens is 285 g/mol. The standard InChI is InChI=1S/C10H11F3N2O3S/c1-15(2)8-5-3-7(4-6-8)9(16)14-19(17,18)10(11,12)13/h3-6H,1-2H3,(H,14,16). The van der Waals surface area contributed by atoms with E-state index in [0.717, 1.165) is 10.4 Å². The van der Waals surface area contributed by atoms with Gasteiger partial charge in [0.15, 0.2) is 0 Å². The number of carbonyl (C=O) groups is 1. The van der Waals surface area contributed by atoms with Crippen LogP contribution >= 0.6 is 0 Å². The second-order valence-electron chi connectivity index (χ2n) is 3.82. The minimum atomic E-state index is -5.68. The second kappa shape index (κ2) is 5.08. The van der Waals surface area contributed by atoms with E-state index in [1.165, 1.54) is 24.3 Å². The summed E-state index contributed by atoms with van der Waals surface area (Å²) < 4.78 is 58.7. The Labute approximate surface area is 108 Å². The lowest BCUT2D eigenvalue weighted by atomic mass is 10.2. The van der Waals surface area contributed by atoms with E-state index in [1.807, 2.05) is 0 Å². The van der Waals surface area contributed by atoms with E-state index in [-0.39, 0.29) is 5.56 Å². The van der Waals surface area contributed by atoms with Gasteiger partial charge in [-0.15, -0.1) is 0 Å². The quantitative estimate of drug-likeness (QED) is 0.914. The van der Waals surface area contributed by atoms with Gasteiger partial charge in [0.05, 0.1) is 0 Å². The molecule has 0 aliphatic carbocycles. The zero-order valence-corrected chi connectivity index (χ0v) is 10.8. The molecule has 1 N–H and O–H groups in total. The van der Waals surface area contributed by atoms with Crippen LogP contribution in [-0.4, -0.2) is 33.9 Å². The maximum atomic E-state index is 12.1. The Morgan fingerprint density at radius 3 is 2.00 bits per heavy atom. The summed E-state index contributed by atoms with van der Waals surface area (Å²) in [6, 6.07) is 5.43. The van der Waals surface area contributed by atoms with Crippen LogP contribution in [0, 0.1) is 0 Å². The highest BCUT2D eigenvalue weighted by molar-refractivity contribution is 7.90. The lowest BCUT2D eigenvalue weighted by Gasteiger charge is -2.13. The van der Waals surface area contributed by atoms with Gasteiger partial charge in [-0.3, -0.25) is 4.79 Å². The van der Waals surface area contributed by atoms with Crippen molar-refractivity contribution in [3.8, 4) is 0 Å². The summed E-state index contributed by atoms with van der Waals surface area (Å²) in [5.74, 6) is -1.33. The molecule has 0 unspecified atom stereocenters. The highest BCUT2D eigenvalue weighted by atomic mass is 32.2. The maximum absolute atomic E-state index is 12.1. The van der Waals surface area contributed by atoms with Gasteiger partial charge < -0.3 is 4.90 Å². The third-order valence-electron chi connectivity index (χ3n) is 2.18. The van der Waals surface area contributed by atoms with Crippen molar-refractivity contribution in [3.05, 3.63) is 29.8 Å². The first-order valence-electron chi connectivity index (χ1n) is 4.95. The highest BCUT2D eigenvalue weighted by Crippen LogP contribution is 2.22. The van der Waals surface area contributed by atoms with Crippen molar-refractivity contribution in [2.45, 2.75) is 5.51 Å². The summed E-state index contributed by atoms with van der Waals surface area (Å²) in [6.45, 7) is 0. The third kappa shape index (κ3) is 3.60. The molecule has 19 heavy (non-hydrogen) atoms. The van der Waals surface area contributed by atoms with Crippen molar-refractivity contribution >= 4 is 21.6 Å². The summed E-state index contributed by atoms with van der Waals surface area (Å²) in [7, 11) is -2.20. The number of carbonyl (C=O) groups excluding carboxylic acids is 1. The first-order valence-corrected chi connectivity index (χ1v) is 6.44. The van der Waals surface area contributed by atoms with Crippen LogP contribution in [0.1, 0.15) is 10.4 Å². The van der Waals surface area contributed by atoms with Crippen LogP contribution < -0.4 is 9.62 Å². The zero-order chi connectivity index (χ0) is 14.8. The van der Waals surface area contributed by atoms with Crippen LogP contribution in [0.5, 0.6) is 0 Å². The minimum Gasteiger partial charge on any atom is -0.378 e. The molecule has 0 bridgehead atoms. The number of halogens is 3. The molecule has 0 radical (unpaired) electrons. The summed E-state index contributed by atoms with van der Waals surface area (Å²) in [5, 5.41) is 0. The van der Waals surface area contributed by atoms with Crippen LogP contribution in [0.3, 0.4) is 0 Å². The molecule has 0 fully saturated rings. The molecule has 0 atom stereocenters. The average Bonchev–Trinajstić information content (AvgIpc) is 2.27. The van der Waals surface area contributed by atoms with E-state index in [2.05, 4.69) is 0 Å². The number of hydrogen-bond donors (Lipinski definition) is 1. The Bertz CT molecular complexity index is 565. The summed E-state index contributed by atoms with van der Waals surface area (Å²) >= 11 is 0. The largest absolute Gasteiger partial charge is 0.516 e. The number of rotatable bonds is 3. The third-order valence-corrected chi connectivity index (χ3v) is 3.24. The fourth-order valence-electron chi connectivity index (χ4n) is 1.15. The van der Waals surface area contributed by atoms with Crippen LogP contribution in [0.4, 0.5) is 18.9 Å². The first kappa shape index (κ1) is 15.3. The Balaban J connectivity index is 2.91. The normalized spacial score (nSPS) is 12.1. The van der Waals surface area contributed by atoms with Crippen LogP contribution in [0.15, 0.2) is 24.3 Å². The number of benzene rings is 1. The molecule has 1 aromatic rings. The van der Waals surface area contributed by atoms with Crippen molar-refractivity contribution in [1.82, 2.24) is 4.72 Å². The van der Waals surface area contributed by atoms with Gasteiger partial charge in [-0.2, -0.15) is 21.6 Å². The molecule has 0 heterocycles. The van der Waals surface area contributed by atoms with Gasteiger partial charge >= 0.3 is 15.5 Å². The number of nitrogens with zero attached hydrogens (tertiary/aromatic N) is 1. The van der Waals surface area contributed by atoms with Gasteiger partial charge in [0.25, 0.3) is 5.91 Å². The minimum absolute atomic E-state index is 0.182. The monoisotopic (exact) mass is 296 g/mol. The van der Waals surface area contributed by atoms with E-state index in [0.29, 0.717) is 0 Å². The predicted molar refractivity (Wildman–Crippen MR) is 63.2 cm³/mol. The molecule has 1 amide bonds. The van der Waals surface area contributed by atoms with Crippen molar-refractivity contribution in [3.63, 3.8) is 0 Å². The van der Waals surface area contributed by atoms with Gasteiger partial charge in [-0.25, -0.2) is 4.72 Å². The smallest absolute Gasteiger partial charge is 0.378 e. The fraction of sp³-hybridized carbons (Fsp3) is 0.300.